The predicted molar refractivity (Wildman–Crippen MR) is 107 cm³/mol. The van der Waals surface area contributed by atoms with Crippen LogP contribution in [0, 0.1) is 5.41 Å². The quantitative estimate of drug-likeness (QED) is 0.513. The Hall–Kier alpha value is -3.08. The zero-order valence-electron chi connectivity index (χ0n) is 17.2. The van der Waals surface area contributed by atoms with E-state index >= 15 is 0 Å². The summed E-state index contributed by atoms with van der Waals surface area (Å²) >= 11 is 0. The first-order valence-electron chi connectivity index (χ1n) is 10.1. The summed E-state index contributed by atoms with van der Waals surface area (Å²) in [5.41, 5.74) is 0.200. The van der Waals surface area contributed by atoms with Gasteiger partial charge in [0.05, 0.1) is 17.0 Å². The van der Waals surface area contributed by atoms with Crippen LogP contribution in [0.5, 0.6) is 5.75 Å². The van der Waals surface area contributed by atoms with Gasteiger partial charge in [-0.25, -0.2) is 4.79 Å². The van der Waals surface area contributed by atoms with Crippen molar-refractivity contribution in [3.8, 4) is 5.75 Å². The maximum atomic E-state index is 13.0. The average molecular weight is 455 g/mol. The lowest BCUT2D eigenvalue weighted by Gasteiger charge is -2.50. The van der Waals surface area contributed by atoms with Crippen molar-refractivity contribution in [1.82, 2.24) is 15.5 Å². The SMILES string of the molecule is O=C(O)C(F)(F)F.O=C1NCC2CCN2C(=O)C2(C/C=C/COc3ccccc31)CNC2. The summed E-state index contributed by atoms with van der Waals surface area (Å²) in [6.07, 6.45) is 0.534. The number of rotatable bonds is 0. The molecule has 8 nitrogen and oxygen atoms in total. The van der Waals surface area contributed by atoms with Crippen molar-refractivity contribution in [3.05, 3.63) is 42.0 Å². The Kier molecular flexibility index (Phi) is 7.07. The number of nitrogens with one attached hydrogen (secondary N) is 2. The Balaban J connectivity index is 0.000000360. The molecule has 32 heavy (non-hydrogen) atoms. The highest BCUT2D eigenvalue weighted by atomic mass is 19.4. The number of halogens is 3. The maximum absolute atomic E-state index is 13.0. The van der Waals surface area contributed by atoms with Crippen LogP contribution < -0.4 is 15.4 Å². The molecule has 3 aliphatic heterocycles. The lowest BCUT2D eigenvalue weighted by atomic mass is 9.76. The summed E-state index contributed by atoms with van der Waals surface area (Å²) in [4.78, 5) is 36.3. The van der Waals surface area contributed by atoms with E-state index in [1.807, 2.05) is 35.3 Å². The van der Waals surface area contributed by atoms with Gasteiger partial charge in [0.15, 0.2) is 0 Å². The summed E-state index contributed by atoms with van der Waals surface area (Å²) in [5, 5.41) is 13.3. The third kappa shape index (κ3) is 5.21. The van der Waals surface area contributed by atoms with E-state index in [1.54, 1.807) is 6.07 Å². The van der Waals surface area contributed by atoms with Crippen LogP contribution in [0.1, 0.15) is 23.2 Å². The Morgan fingerprint density at radius 3 is 2.44 bits per heavy atom. The molecule has 1 spiro atoms. The normalized spacial score (nSPS) is 23.5. The Bertz CT molecular complexity index is 899. The number of ether oxygens (including phenoxy) is 1. The molecule has 0 saturated carbocycles. The van der Waals surface area contributed by atoms with Crippen LogP contribution in [-0.2, 0) is 9.59 Å². The number of aliphatic carboxylic acids is 1. The molecule has 3 heterocycles. The largest absolute Gasteiger partial charge is 0.490 e. The van der Waals surface area contributed by atoms with Crippen molar-refractivity contribution in [3.63, 3.8) is 0 Å². The second-order valence-corrected chi connectivity index (χ2v) is 7.82. The zero-order valence-corrected chi connectivity index (χ0v) is 17.2. The van der Waals surface area contributed by atoms with Crippen LogP contribution in [-0.4, -0.2) is 72.8 Å². The first-order chi connectivity index (χ1) is 15.1. The summed E-state index contributed by atoms with van der Waals surface area (Å²) in [5.74, 6) is -2.12. The van der Waals surface area contributed by atoms with Crippen molar-refractivity contribution in [2.24, 2.45) is 5.41 Å². The van der Waals surface area contributed by atoms with Gasteiger partial charge in [0.2, 0.25) is 5.91 Å². The van der Waals surface area contributed by atoms with Gasteiger partial charge in [0.25, 0.3) is 5.91 Å². The number of fused-ring (bicyclic) bond motifs is 2. The minimum absolute atomic E-state index is 0.0916. The van der Waals surface area contributed by atoms with Gasteiger partial charge >= 0.3 is 12.1 Å². The molecule has 3 N–H and O–H groups in total. The third-order valence-electron chi connectivity index (χ3n) is 5.67. The fourth-order valence-electron chi connectivity index (χ4n) is 3.64. The highest BCUT2D eigenvalue weighted by Crippen LogP contribution is 2.34. The summed E-state index contributed by atoms with van der Waals surface area (Å²) < 4.78 is 37.5. The topological polar surface area (TPSA) is 108 Å². The molecule has 1 unspecified atom stereocenters. The van der Waals surface area contributed by atoms with Crippen LogP contribution in [0.15, 0.2) is 36.4 Å². The van der Waals surface area contributed by atoms with Gasteiger partial charge in [-0.1, -0.05) is 24.3 Å². The molecule has 11 heteroatoms. The van der Waals surface area contributed by atoms with Gasteiger partial charge in [0, 0.05) is 26.2 Å². The first kappa shape index (κ1) is 23.6. The lowest BCUT2D eigenvalue weighted by molar-refractivity contribution is -0.192. The fraction of sp³-hybridized carbons (Fsp3) is 0.476. The number of allylic oxidation sites excluding steroid dienone is 1. The van der Waals surface area contributed by atoms with E-state index in [1.165, 1.54) is 0 Å². The van der Waals surface area contributed by atoms with Crippen LogP contribution in [0.2, 0.25) is 0 Å². The molecule has 1 atom stereocenters. The van der Waals surface area contributed by atoms with Gasteiger partial charge in [-0.05, 0) is 25.0 Å². The Labute approximate surface area is 182 Å². The summed E-state index contributed by atoms with van der Waals surface area (Å²) in [7, 11) is 0. The minimum atomic E-state index is -5.08. The maximum Gasteiger partial charge on any atom is 0.490 e. The van der Waals surface area contributed by atoms with E-state index < -0.39 is 12.1 Å². The smallest absolute Gasteiger partial charge is 0.489 e. The average Bonchev–Trinajstić information content (AvgIpc) is 2.68. The number of carboxylic acid groups (broad SMARTS) is 1. The van der Waals surface area contributed by atoms with Crippen LogP contribution >= 0.6 is 0 Å². The second kappa shape index (κ2) is 9.60. The number of para-hydroxylation sites is 1. The lowest BCUT2D eigenvalue weighted by Crippen LogP contribution is -2.67. The van der Waals surface area contributed by atoms with E-state index in [2.05, 4.69) is 10.6 Å². The fourth-order valence-corrected chi connectivity index (χ4v) is 3.64. The van der Waals surface area contributed by atoms with Gasteiger partial charge in [0.1, 0.15) is 12.4 Å². The van der Waals surface area contributed by atoms with Gasteiger partial charge in [-0.15, -0.1) is 0 Å². The predicted octanol–water partition coefficient (Wildman–Crippen LogP) is 1.58. The van der Waals surface area contributed by atoms with E-state index in [0.29, 0.717) is 24.5 Å². The van der Waals surface area contributed by atoms with Crippen molar-refractivity contribution in [1.29, 1.82) is 0 Å². The van der Waals surface area contributed by atoms with Crippen LogP contribution in [0.4, 0.5) is 13.2 Å². The molecule has 0 bridgehead atoms. The molecular formula is C21H24F3N3O5. The molecule has 2 saturated heterocycles. The number of carboxylic acids is 1. The third-order valence-corrected chi connectivity index (χ3v) is 5.67. The summed E-state index contributed by atoms with van der Waals surface area (Å²) in [6.45, 7) is 3.09. The standard InChI is InChI=1S/C19H23N3O3.C2HF3O2/c23-17-15-5-1-2-6-16(15)25-10-4-3-8-19(12-20-13-19)18(24)22-9-7-14(22)11-21-17;3-2(4,5)1(6)7/h1-6,14,20H,7-13H2,(H,21,23);(H,6,7)/b4-3+;. The van der Waals surface area contributed by atoms with Crippen LogP contribution in [0.25, 0.3) is 0 Å². The summed E-state index contributed by atoms with van der Waals surface area (Å²) in [6, 6.07) is 7.35. The number of amides is 2. The van der Waals surface area contributed by atoms with Crippen molar-refractivity contribution in [2.45, 2.75) is 25.1 Å². The van der Waals surface area contributed by atoms with Gasteiger partial charge < -0.3 is 25.4 Å². The number of hydrogen-bond acceptors (Lipinski definition) is 5. The van der Waals surface area contributed by atoms with Gasteiger partial charge in [-0.2, -0.15) is 13.2 Å². The number of benzene rings is 1. The molecule has 0 aliphatic carbocycles. The molecule has 174 valence electrons. The highest BCUT2D eigenvalue weighted by molar-refractivity contribution is 5.97. The minimum Gasteiger partial charge on any atom is -0.489 e. The van der Waals surface area contributed by atoms with E-state index in [0.717, 1.165) is 32.5 Å². The molecule has 1 aromatic carbocycles. The zero-order chi connectivity index (χ0) is 23.4. The molecule has 0 radical (unpaired) electrons. The van der Waals surface area contributed by atoms with Gasteiger partial charge in [-0.3, -0.25) is 9.59 Å². The van der Waals surface area contributed by atoms with E-state index in [-0.39, 0.29) is 23.3 Å². The number of hydrogen-bond donors (Lipinski definition) is 3. The molecule has 4 rings (SSSR count). The van der Waals surface area contributed by atoms with Crippen molar-refractivity contribution < 1.29 is 37.4 Å². The number of alkyl halides is 3. The molecule has 2 amide bonds. The molecular weight excluding hydrogens is 431 g/mol. The number of carbonyl (C=O) groups is 3. The molecule has 1 aromatic rings. The van der Waals surface area contributed by atoms with Crippen molar-refractivity contribution >= 4 is 17.8 Å². The van der Waals surface area contributed by atoms with Crippen LogP contribution in [0.3, 0.4) is 0 Å². The Morgan fingerprint density at radius 1 is 1.19 bits per heavy atom. The highest BCUT2D eigenvalue weighted by Gasteiger charge is 2.48. The monoisotopic (exact) mass is 455 g/mol. The molecule has 2 fully saturated rings. The second-order valence-electron chi connectivity index (χ2n) is 7.82. The van der Waals surface area contributed by atoms with Crippen molar-refractivity contribution in [2.75, 3.05) is 32.8 Å². The number of carbonyl (C=O) groups excluding carboxylic acids is 2. The Morgan fingerprint density at radius 2 is 1.88 bits per heavy atom. The molecule has 3 aliphatic rings. The number of nitrogens with zero attached hydrogens (tertiary/aromatic N) is 1. The van der Waals surface area contributed by atoms with E-state index in [9.17, 15) is 22.8 Å². The van der Waals surface area contributed by atoms with E-state index in [4.69, 9.17) is 14.6 Å². The molecule has 0 aromatic heterocycles. The first-order valence-corrected chi connectivity index (χ1v) is 10.1.